The van der Waals surface area contributed by atoms with E-state index in [2.05, 4.69) is 85.8 Å². The zero-order valence-electron chi connectivity index (χ0n) is 18.3. The van der Waals surface area contributed by atoms with E-state index in [1.165, 1.54) is 37.2 Å². The molecule has 0 heterocycles. The highest BCUT2D eigenvalue weighted by molar-refractivity contribution is 8.33. The predicted octanol–water partition coefficient (Wildman–Crippen LogP) is 6.71. The minimum atomic E-state index is -0.569. The molecule has 2 saturated carbocycles. The van der Waals surface area contributed by atoms with Crippen LogP contribution in [0.25, 0.3) is 0 Å². The fourth-order valence-corrected chi connectivity index (χ4v) is 11.8. The molecule has 0 aromatic rings. The van der Waals surface area contributed by atoms with Crippen LogP contribution >= 0.6 is 20.1 Å². The maximum atomic E-state index is 2.59. The Bertz CT molecular complexity index is 646. The van der Waals surface area contributed by atoms with Gasteiger partial charge in [-0.1, -0.05) is 60.8 Å². The second-order valence-corrected chi connectivity index (χ2v) is 18.7. The van der Waals surface area contributed by atoms with Crippen molar-refractivity contribution in [1.29, 1.82) is 0 Å². The molecular formula is C26H40S2. The molecule has 0 N–H and O–H groups in total. The Kier molecular flexibility index (Phi) is 6.10. The van der Waals surface area contributed by atoms with Gasteiger partial charge in [0, 0.05) is 0 Å². The first-order valence-corrected chi connectivity index (χ1v) is 16.5. The summed E-state index contributed by atoms with van der Waals surface area (Å²) in [5, 5.41) is 1.83. The smallest absolute Gasteiger partial charge is 0.00451 e. The number of rotatable bonds is 6. The van der Waals surface area contributed by atoms with E-state index in [4.69, 9.17) is 0 Å². The minimum absolute atomic E-state index is 0.569. The van der Waals surface area contributed by atoms with Gasteiger partial charge in [-0.2, -0.15) is 0 Å². The molecule has 6 atom stereocenters. The van der Waals surface area contributed by atoms with Gasteiger partial charge < -0.3 is 0 Å². The highest BCUT2D eigenvalue weighted by Gasteiger charge is 2.40. The molecule has 0 aliphatic heterocycles. The Morgan fingerprint density at radius 2 is 1.00 bits per heavy atom. The molecule has 0 aromatic carbocycles. The molecule has 0 saturated heterocycles. The van der Waals surface area contributed by atoms with E-state index >= 15 is 0 Å². The van der Waals surface area contributed by atoms with Crippen LogP contribution in [-0.2, 0) is 0 Å². The average Bonchev–Trinajstić information content (AvgIpc) is 3.30. The van der Waals surface area contributed by atoms with Crippen LogP contribution in [0.1, 0.15) is 25.7 Å². The molecule has 4 aliphatic carbocycles. The van der Waals surface area contributed by atoms with Crippen molar-refractivity contribution in [2.45, 2.75) is 36.2 Å². The summed E-state index contributed by atoms with van der Waals surface area (Å²) in [5.41, 5.74) is 0. The summed E-state index contributed by atoms with van der Waals surface area (Å²) in [6, 6.07) is 0. The molecule has 0 aromatic heterocycles. The Morgan fingerprint density at radius 3 is 1.43 bits per heavy atom. The largest absolute Gasteiger partial charge is 0.240 e. The highest BCUT2D eigenvalue weighted by atomic mass is 32.3. The van der Waals surface area contributed by atoms with Crippen LogP contribution in [0.2, 0.25) is 0 Å². The number of fused-ring (bicyclic) bond motifs is 2. The molecule has 156 valence electrons. The third-order valence-electron chi connectivity index (χ3n) is 7.88. The molecule has 28 heavy (non-hydrogen) atoms. The van der Waals surface area contributed by atoms with Gasteiger partial charge in [-0.15, -0.1) is 0 Å². The molecule has 4 aliphatic rings. The maximum Gasteiger partial charge on any atom is -0.00451 e. The molecule has 4 rings (SSSR count). The summed E-state index contributed by atoms with van der Waals surface area (Å²) < 4.78 is 0. The third kappa shape index (κ3) is 4.15. The van der Waals surface area contributed by atoms with Crippen LogP contribution in [0.4, 0.5) is 0 Å². The van der Waals surface area contributed by atoms with E-state index in [1.54, 1.807) is 0 Å². The molecule has 2 heteroatoms. The van der Waals surface area contributed by atoms with E-state index in [0.29, 0.717) is 0 Å². The lowest BCUT2D eigenvalue weighted by atomic mass is 9.92. The van der Waals surface area contributed by atoms with Crippen molar-refractivity contribution in [2.24, 2.45) is 23.7 Å². The van der Waals surface area contributed by atoms with Crippen molar-refractivity contribution in [1.82, 2.24) is 0 Å². The summed E-state index contributed by atoms with van der Waals surface area (Å²) >= 11 is 0. The van der Waals surface area contributed by atoms with Gasteiger partial charge >= 0.3 is 0 Å². The SMILES string of the molecule is CS(C)(C/C=C/CS(C)(C)C1CCC2C=CC=CC21)C1CCC2C=CC=CC21. The lowest BCUT2D eigenvalue weighted by molar-refractivity contribution is 0.557. The highest BCUT2D eigenvalue weighted by Crippen LogP contribution is 2.58. The van der Waals surface area contributed by atoms with Gasteiger partial charge in [0.1, 0.15) is 0 Å². The van der Waals surface area contributed by atoms with Gasteiger partial charge in [0.25, 0.3) is 0 Å². The van der Waals surface area contributed by atoms with Crippen molar-refractivity contribution in [2.75, 3.05) is 36.5 Å². The van der Waals surface area contributed by atoms with Crippen molar-refractivity contribution < 1.29 is 0 Å². The Balaban J connectivity index is 1.33. The second kappa shape index (κ2) is 8.26. The Morgan fingerprint density at radius 1 is 0.607 bits per heavy atom. The van der Waals surface area contributed by atoms with Crippen LogP contribution in [0.5, 0.6) is 0 Å². The standard InChI is InChI=1S/C26H40S2/c1-27(2,25-17-15-21-11-5-7-13-23(21)25)19-9-10-20-28(3,4)26-18-16-22-12-6-8-14-24(22)26/h5-14,21-26H,15-20H2,1-4H3/b10-9+. The van der Waals surface area contributed by atoms with Gasteiger partial charge in [-0.25, -0.2) is 20.1 Å². The Hall–Kier alpha value is -0.600. The molecule has 6 unspecified atom stereocenters. The first kappa shape index (κ1) is 20.7. The van der Waals surface area contributed by atoms with Gasteiger partial charge in [0.05, 0.1) is 0 Å². The molecule has 0 nitrogen and oxygen atoms in total. The van der Waals surface area contributed by atoms with Gasteiger partial charge in [-0.05, 0) is 96.4 Å². The van der Waals surface area contributed by atoms with Crippen LogP contribution in [0.15, 0.2) is 60.8 Å². The van der Waals surface area contributed by atoms with Crippen LogP contribution < -0.4 is 0 Å². The fraction of sp³-hybridized carbons (Fsp3) is 0.615. The normalized spacial score (nSPS) is 38.1. The molecule has 0 radical (unpaired) electrons. The van der Waals surface area contributed by atoms with E-state index in [1.807, 2.05) is 0 Å². The molecule has 0 bridgehead atoms. The van der Waals surface area contributed by atoms with Crippen molar-refractivity contribution in [3.05, 3.63) is 60.8 Å². The van der Waals surface area contributed by atoms with Crippen molar-refractivity contribution >= 4 is 20.1 Å². The quantitative estimate of drug-likeness (QED) is 0.422. The van der Waals surface area contributed by atoms with Gasteiger partial charge in [0.2, 0.25) is 0 Å². The first-order valence-electron chi connectivity index (χ1n) is 11.1. The fourth-order valence-electron chi connectivity index (χ4n) is 6.18. The lowest BCUT2D eigenvalue weighted by Gasteiger charge is -2.42. The summed E-state index contributed by atoms with van der Waals surface area (Å²) in [6.07, 6.45) is 40.2. The van der Waals surface area contributed by atoms with E-state index < -0.39 is 20.1 Å². The molecule has 2 fully saturated rings. The van der Waals surface area contributed by atoms with Crippen LogP contribution in [-0.4, -0.2) is 47.0 Å². The van der Waals surface area contributed by atoms with Gasteiger partial charge in [-0.3, -0.25) is 0 Å². The van der Waals surface area contributed by atoms with E-state index in [-0.39, 0.29) is 0 Å². The second-order valence-electron chi connectivity index (χ2n) is 10.3. The summed E-state index contributed by atoms with van der Waals surface area (Å²) in [7, 11) is -1.14. The number of hydrogen-bond acceptors (Lipinski definition) is 0. The average molecular weight is 417 g/mol. The topological polar surface area (TPSA) is 0 Å². The van der Waals surface area contributed by atoms with E-state index in [0.717, 1.165) is 34.2 Å². The monoisotopic (exact) mass is 416 g/mol. The lowest BCUT2D eigenvalue weighted by Crippen LogP contribution is -2.25. The zero-order valence-corrected chi connectivity index (χ0v) is 19.9. The van der Waals surface area contributed by atoms with Crippen molar-refractivity contribution in [3.8, 4) is 0 Å². The maximum absolute atomic E-state index is 2.59. The summed E-state index contributed by atoms with van der Waals surface area (Å²) in [6.45, 7) is 0. The molecular weight excluding hydrogens is 376 g/mol. The van der Waals surface area contributed by atoms with Crippen molar-refractivity contribution in [3.63, 3.8) is 0 Å². The molecule has 0 spiro atoms. The Labute approximate surface area is 177 Å². The first-order chi connectivity index (χ1) is 13.4. The van der Waals surface area contributed by atoms with Crippen LogP contribution in [0.3, 0.4) is 0 Å². The third-order valence-corrected chi connectivity index (χ3v) is 14.4. The predicted molar refractivity (Wildman–Crippen MR) is 134 cm³/mol. The number of allylic oxidation sites excluding steroid dienone is 8. The zero-order chi connectivity index (χ0) is 19.8. The van der Waals surface area contributed by atoms with Crippen LogP contribution in [0, 0.1) is 23.7 Å². The summed E-state index contributed by atoms with van der Waals surface area (Å²) in [5.74, 6) is 5.89. The minimum Gasteiger partial charge on any atom is -0.240 e. The summed E-state index contributed by atoms with van der Waals surface area (Å²) in [4.78, 5) is 0. The number of hydrogen-bond donors (Lipinski definition) is 0. The molecule has 0 amide bonds. The van der Waals surface area contributed by atoms with E-state index in [9.17, 15) is 0 Å². The van der Waals surface area contributed by atoms with Gasteiger partial charge in [0.15, 0.2) is 0 Å².